The molecule has 0 spiro atoms. The molecule has 3 aromatic carbocycles. The van der Waals surface area contributed by atoms with Crippen molar-refractivity contribution in [2.75, 3.05) is 24.0 Å². The molecular weight excluding hydrogens is 616 g/mol. The van der Waals surface area contributed by atoms with E-state index in [4.69, 9.17) is 27.9 Å². The highest BCUT2D eigenvalue weighted by molar-refractivity contribution is 7.92. The summed E-state index contributed by atoms with van der Waals surface area (Å²) in [7, 11) is -4.31. The van der Waals surface area contributed by atoms with E-state index >= 15 is 0 Å². The van der Waals surface area contributed by atoms with Crippen LogP contribution in [-0.4, -0.2) is 50.9 Å². The number of nitrogens with zero attached hydrogens (tertiary/aromatic N) is 2. The van der Waals surface area contributed by atoms with Crippen molar-refractivity contribution >= 4 is 50.7 Å². The van der Waals surface area contributed by atoms with Crippen LogP contribution in [0.5, 0.6) is 5.75 Å². The number of unbranched alkanes of at least 4 members (excludes halogenated alkanes) is 1. The van der Waals surface area contributed by atoms with Crippen LogP contribution < -0.4 is 14.4 Å². The molecule has 0 saturated heterocycles. The zero-order chi connectivity index (χ0) is 31.6. The average Bonchev–Trinajstić information content (AvgIpc) is 2.98. The van der Waals surface area contributed by atoms with Gasteiger partial charge in [-0.3, -0.25) is 13.9 Å². The Morgan fingerprint density at radius 1 is 0.953 bits per heavy atom. The van der Waals surface area contributed by atoms with Gasteiger partial charge in [-0.15, -0.1) is 0 Å². The van der Waals surface area contributed by atoms with E-state index in [1.54, 1.807) is 25.1 Å². The minimum Gasteiger partial charge on any atom is -0.494 e. The smallest absolute Gasteiger partial charge is 0.264 e. The number of nitrogens with one attached hydrogen (secondary N) is 1. The number of ether oxygens (including phenoxy) is 1. The Morgan fingerprint density at radius 3 is 2.21 bits per heavy atom. The van der Waals surface area contributed by atoms with E-state index in [1.165, 1.54) is 41.3 Å². The zero-order valence-electron chi connectivity index (χ0n) is 24.4. The molecule has 0 saturated carbocycles. The maximum atomic E-state index is 14.1. The van der Waals surface area contributed by atoms with Crippen LogP contribution in [0.4, 0.5) is 10.1 Å². The number of carbonyl (C=O) groups is 2. The lowest BCUT2D eigenvalue weighted by molar-refractivity contribution is -0.140. The van der Waals surface area contributed by atoms with Gasteiger partial charge in [0.15, 0.2) is 0 Å². The van der Waals surface area contributed by atoms with Crippen LogP contribution in [0.15, 0.2) is 71.6 Å². The van der Waals surface area contributed by atoms with Gasteiger partial charge < -0.3 is 15.0 Å². The van der Waals surface area contributed by atoms with Crippen LogP contribution in [0.3, 0.4) is 0 Å². The molecule has 0 aromatic heterocycles. The summed E-state index contributed by atoms with van der Waals surface area (Å²) < 4.78 is 48.1. The van der Waals surface area contributed by atoms with Crippen molar-refractivity contribution in [3.05, 3.63) is 88.2 Å². The molecule has 8 nitrogen and oxygen atoms in total. The SMILES string of the molecule is CCCCNC(=O)C(CC)N(Cc1ccc(Cl)c(Cl)c1)C(=O)CN(c1ccc(F)cc1)S(=O)(=O)c1ccc(OCC)cc1. The van der Waals surface area contributed by atoms with Crippen LogP contribution in [-0.2, 0) is 26.2 Å². The molecule has 3 aromatic rings. The molecule has 2 amide bonds. The molecule has 0 aliphatic rings. The van der Waals surface area contributed by atoms with Gasteiger partial charge in [-0.05, 0) is 86.0 Å². The van der Waals surface area contributed by atoms with Crippen molar-refractivity contribution in [3.63, 3.8) is 0 Å². The molecule has 1 unspecified atom stereocenters. The van der Waals surface area contributed by atoms with Crippen LogP contribution in [0, 0.1) is 5.82 Å². The number of benzene rings is 3. The highest BCUT2D eigenvalue weighted by Gasteiger charge is 2.33. The van der Waals surface area contributed by atoms with Gasteiger partial charge >= 0.3 is 0 Å². The summed E-state index contributed by atoms with van der Waals surface area (Å²) in [6.07, 6.45) is 1.91. The molecule has 0 aliphatic heterocycles. The van der Waals surface area contributed by atoms with E-state index in [0.29, 0.717) is 29.5 Å². The van der Waals surface area contributed by atoms with Gasteiger partial charge in [0, 0.05) is 13.1 Å². The lowest BCUT2D eigenvalue weighted by Gasteiger charge is -2.33. The van der Waals surface area contributed by atoms with Gasteiger partial charge in [-0.2, -0.15) is 0 Å². The van der Waals surface area contributed by atoms with Crippen LogP contribution >= 0.6 is 23.2 Å². The lowest BCUT2D eigenvalue weighted by atomic mass is 10.1. The Morgan fingerprint density at radius 2 is 1.63 bits per heavy atom. The summed E-state index contributed by atoms with van der Waals surface area (Å²) in [6, 6.07) is 14.6. The fourth-order valence-electron chi connectivity index (χ4n) is 4.40. The second-order valence-electron chi connectivity index (χ2n) is 9.73. The number of sulfonamides is 1. The third-order valence-corrected chi connectivity index (χ3v) is 9.20. The zero-order valence-corrected chi connectivity index (χ0v) is 26.7. The molecule has 3 rings (SSSR count). The van der Waals surface area contributed by atoms with Crippen LogP contribution in [0.1, 0.15) is 45.6 Å². The number of rotatable bonds is 15. The van der Waals surface area contributed by atoms with Gasteiger partial charge in [-0.1, -0.05) is 49.5 Å². The normalized spacial score (nSPS) is 12.0. The molecule has 0 aliphatic carbocycles. The number of hydrogen-bond donors (Lipinski definition) is 1. The van der Waals surface area contributed by atoms with Crippen LogP contribution in [0.2, 0.25) is 10.0 Å². The summed E-state index contributed by atoms with van der Waals surface area (Å²) in [5.41, 5.74) is 0.684. The summed E-state index contributed by atoms with van der Waals surface area (Å²) in [5.74, 6) is -1.07. The van der Waals surface area contributed by atoms with Gasteiger partial charge in [0.1, 0.15) is 24.2 Å². The van der Waals surface area contributed by atoms with Gasteiger partial charge in [0.05, 0.1) is 27.2 Å². The maximum absolute atomic E-state index is 14.1. The maximum Gasteiger partial charge on any atom is 0.264 e. The summed E-state index contributed by atoms with van der Waals surface area (Å²) in [4.78, 5) is 28.6. The van der Waals surface area contributed by atoms with E-state index in [-0.39, 0.29) is 34.5 Å². The quantitative estimate of drug-likeness (QED) is 0.191. The standard InChI is InChI=1S/C31H36Cl2FN3O5S/c1-4-7-18-35-31(39)29(5-2)36(20-22-8-17-27(32)28(33)19-22)30(38)21-37(24-11-9-23(34)10-12-24)43(40,41)26-15-13-25(14-16-26)42-6-3/h8-17,19,29H,4-7,18,20-21H2,1-3H3,(H,35,39). The molecule has 43 heavy (non-hydrogen) atoms. The largest absolute Gasteiger partial charge is 0.494 e. The second-order valence-corrected chi connectivity index (χ2v) is 12.4. The monoisotopic (exact) mass is 651 g/mol. The van der Waals surface area contributed by atoms with Crippen molar-refractivity contribution in [1.29, 1.82) is 0 Å². The van der Waals surface area contributed by atoms with E-state index < -0.39 is 34.3 Å². The first kappa shape index (κ1) is 34.2. The topological polar surface area (TPSA) is 96.0 Å². The van der Waals surface area contributed by atoms with Crippen molar-refractivity contribution in [2.45, 2.75) is 57.5 Å². The Balaban J connectivity index is 2.04. The summed E-state index contributed by atoms with van der Waals surface area (Å²) in [5, 5.41) is 3.48. The third-order valence-electron chi connectivity index (χ3n) is 6.67. The fourth-order valence-corrected chi connectivity index (χ4v) is 6.13. The Labute approximate surface area is 262 Å². The van der Waals surface area contributed by atoms with E-state index in [2.05, 4.69) is 5.32 Å². The first-order chi connectivity index (χ1) is 20.5. The van der Waals surface area contributed by atoms with Crippen molar-refractivity contribution < 1.29 is 27.1 Å². The molecule has 12 heteroatoms. The average molecular weight is 653 g/mol. The van der Waals surface area contributed by atoms with Crippen LogP contribution in [0.25, 0.3) is 0 Å². The molecule has 0 heterocycles. The Bertz CT molecular complexity index is 1490. The first-order valence-electron chi connectivity index (χ1n) is 14.0. The number of carbonyl (C=O) groups excluding carboxylic acids is 2. The van der Waals surface area contributed by atoms with Gasteiger partial charge in [0.2, 0.25) is 11.8 Å². The predicted molar refractivity (Wildman–Crippen MR) is 168 cm³/mol. The summed E-state index contributed by atoms with van der Waals surface area (Å²) in [6.45, 7) is 5.74. The highest BCUT2D eigenvalue weighted by Crippen LogP contribution is 2.28. The fraction of sp³-hybridized carbons (Fsp3) is 0.355. The van der Waals surface area contributed by atoms with Gasteiger partial charge in [-0.25, -0.2) is 12.8 Å². The highest BCUT2D eigenvalue weighted by atomic mass is 35.5. The number of halogens is 3. The van der Waals surface area contributed by atoms with Crippen molar-refractivity contribution in [1.82, 2.24) is 10.2 Å². The van der Waals surface area contributed by atoms with E-state index in [1.807, 2.05) is 13.8 Å². The number of anilines is 1. The molecule has 0 bridgehead atoms. The number of hydrogen-bond acceptors (Lipinski definition) is 5. The van der Waals surface area contributed by atoms with Gasteiger partial charge in [0.25, 0.3) is 10.0 Å². The molecule has 0 radical (unpaired) electrons. The molecule has 232 valence electrons. The molecule has 1 N–H and O–H groups in total. The minimum absolute atomic E-state index is 0.0320. The molecule has 1 atom stereocenters. The van der Waals surface area contributed by atoms with Crippen molar-refractivity contribution in [2.24, 2.45) is 0 Å². The van der Waals surface area contributed by atoms with Crippen molar-refractivity contribution in [3.8, 4) is 5.75 Å². The molecular formula is C31H36Cl2FN3O5S. The van der Waals surface area contributed by atoms with E-state index in [0.717, 1.165) is 29.3 Å². The molecule has 0 fully saturated rings. The Kier molecular flexibility index (Phi) is 12.7. The second kappa shape index (κ2) is 15.9. The summed E-state index contributed by atoms with van der Waals surface area (Å²) >= 11 is 12.3. The number of amides is 2. The lowest BCUT2D eigenvalue weighted by Crippen LogP contribution is -2.52. The minimum atomic E-state index is -4.31. The Hall–Kier alpha value is -3.34. The predicted octanol–water partition coefficient (Wildman–Crippen LogP) is 6.45. The first-order valence-corrected chi connectivity index (χ1v) is 16.2. The third kappa shape index (κ3) is 9.08. The van der Waals surface area contributed by atoms with E-state index in [9.17, 15) is 22.4 Å².